The maximum Gasteiger partial charge on any atom is 0.163 e. The van der Waals surface area contributed by atoms with Crippen molar-refractivity contribution in [3.8, 4) is 11.5 Å². The second-order valence-corrected chi connectivity index (χ2v) is 16.0. The van der Waals surface area contributed by atoms with E-state index in [1.807, 2.05) is 12.1 Å². The van der Waals surface area contributed by atoms with Crippen LogP contribution in [0.1, 0.15) is 101 Å². The SMILES string of the molecule is CC(=O)[O-].CC(=O)[O-].CCc1c(CC)c2cc3nc(cnc4cc(OCCOCCOCCOC)c(OCCOCCOCCOC)cc4ncc4nc(cc1[nH]2)C(CCCO)=C4C)C(C)=C3CCCO.O.[Lu]. The van der Waals surface area contributed by atoms with Crippen LogP contribution in [0.25, 0.3) is 44.4 Å². The number of methoxy groups -OCH3 is 2. The molecule has 0 saturated carbocycles. The number of carboxylic acids is 2. The molecule has 0 atom stereocenters. The number of hydrogen-bond acceptors (Lipinski definition) is 18. The van der Waals surface area contributed by atoms with E-state index in [1.165, 1.54) is 11.1 Å². The molecule has 1 radical (unpaired) electrons. The number of carbonyl (C=O) groups is 2. The minimum absolute atomic E-state index is 0. The standard InChI is InChI=1S/C48H67N5O10.2C2H4O2.Lu.H2O/c1-7-35-36(8-2)40-28-42-38(12-10-14-55)34(4)46(53-42)32-50-44-30-48(63-26-24-61-22-20-59-18-16-57-6)47(62-25-23-60-21-19-58-17-15-56-5)29-43(44)49-31-45-33(3)37(11-9-13-54)41(52-45)27-39(35)51-40;2*1-2(3)4;;/h27-32,51,54-55H,7-26H2,1-6H3;2*1H3,(H,3,4);;1H2/p-2. The van der Waals surface area contributed by atoms with Crippen molar-refractivity contribution in [2.75, 3.05) is 107 Å². The van der Waals surface area contributed by atoms with E-state index in [0.29, 0.717) is 114 Å². The van der Waals surface area contributed by atoms with Crippen molar-refractivity contribution < 1.29 is 110 Å². The van der Waals surface area contributed by atoms with Crippen LogP contribution < -0.4 is 19.7 Å². The van der Waals surface area contributed by atoms with E-state index < -0.39 is 11.9 Å². The molecule has 2 aliphatic heterocycles. The summed E-state index contributed by atoms with van der Waals surface area (Å²) < 4.78 is 45.3. The Morgan fingerprint density at radius 2 is 0.890 bits per heavy atom. The van der Waals surface area contributed by atoms with Crippen LogP contribution in [0, 0.1) is 36.9 Å². The molecule has 0 spiro atoms. The number of H-pyrrole nitrogens is 1. The van der Waals surface area contributed by atoms with E-state index in [2.05, 4.69) is 44.8 Å². The fourth-order valence-corrected chi connectivity index (χ4v) is 7.42. The maximum absolute atomic E-state index is 9.86. The number of carboxylic acid groups (broad SMARTS) is 2. The first-order chi connectivity index (χ1) is 34.3. The van der Waals surface area contributed by atoms with Crippen molar-refractivity contribution >= 4 is 56.3 Å². The zero-order valence-electron chi connectivity index (χ0n) is 43.4. The van der Waals surface area contributed by atoms with Crippen molar-refractivity contribution in [1.29, 1.82) is 0 Å². The van der Waals surface area contributed by atoms with Gasteiger partial charge < -0.3 is 78.4 Å². The first kappa shape index (κ1) is 66.6. The molecule has 0 unspecified atom stereocenters. The second-order valence-electron chi connectivity index (χ2n) is 16.0. The molecule has 415 valence electrons. The van der Waals surface area contributed by atoms with Gasteiger partial charge in [-0.05, 0) is 112 Å². The molecule has 5 N–H and O–H groups in total. The average Bonchev–Trinajstić information content (AvgIpc) is 3.94. The number of aliphatic carboxylic acids is 2. The number of carbonyl (C=O) groups excluding carboxylic acids is 2. The number of aliphatic hydroxyl groups excluding tert-OH is 2. The van der Waals surface area contributed by atoms with Crippen LogP contribution in [0.4, 0.5) is 0 Å². The molecule has 2 aromatic heterocycles. The molecule has 5 rings (SSSR count). The molecule has 0 saturated heterocycles. The summed E-state index contributed by atoms with van der Waals surface area (Å²) in [6.45, 7) is 15.5. The minimum Gasteiger partial charge on any atom is -0.550 e. The minimum atomic E-state index is -1.08. The monoisotopic (exact) mass is 1180 g/mol. The van der Waals surface area contributed by atoms with E-state index in [4.69, 9.17) is 77.6 Å². The number of benzene rings is 1. The molecular weight excluding hydrogens is 1110 g/mol. The summed E-state index contributed by atoms with van der Waals surface area (Å²) in [6.07, 6.45) is 7.74. The molecule has 20 nitrogen and oxygen atoms in total. The van der Waals surface area contributed by atoms with Crippen LogP contribution in [-0.4, -0.2) is 159 Å². The van der Waals surface area contributed by atoms with Crippen molar-refractivity contribution in [2.45, 2.75) is 80.1 Å². The van der Waals surface area contributed by atoms with Gasteiger partial charge in [0.05, 0.1) is 112 Å². The van der Waals surface area contributed by atoms with E-state index in [0.717, 1.165) is 82.8 Å². The second kappa shape index (κ2) is 38.2. The van der Waals surface area contributed by atoms with E-state index in [-0.39, 0.29) is 68.8 Å². The Balaban J connectivity index is 0.00000248. The Labute approximate surface area is 457 Å². The smallest absolute Gasteiger partial charge is 0.163 e. The number of rotatable bonds is 28. The van der Waals surface area contributed by atoms with Gasteiger partial charge in [-0.3, -0.25) is 9.97 Å². The third-order valence-corrected chi connectivity index (χ3v) is 10.8. The summed E-state index contributed by atoms with van der Waals surface area (Å²) in [5.74, 6) is -1.24. The van der Waals surface area contributed by atoms with E-state index >= 15 is 0 Å². The summed E-state index contributed by atoms with van der Waals surface area (Å²) in [7, 11) is 3.28. The molecule has 3 aromatic rings. The summed E-state index contributed by atoms with van der Waals surface area (Å²) in [5.41, 5.74) is 12.8. The number of allylic oxidation sites excluding steroid dienone is 4. The number of aromatic nitrogens is 5. The van der Waals surface area contributed by atoms with Gasteiger partial charge in [0.15, 0.2) is 11.5 Å². The average molecular weight is 1190 g/mol. The van der Waals surface area contributed by atoms with Gasteiger partial charge in [0, 0.05) is 99.4 Å². The predicted molar refractivity (Wildman–Crippen MR) is 270 cm³/mol. The number of aryl methyl sites for hydroxylation is 2. The van der Waals surface area contributed by atoms with Gasteiger partial charge in [-0.15, -0.1) is 0 Å². The maximum atomic E-state index is 9.86. The van der Waals surface area contributed by atoms with Gasteiger partial charge in [-0.25, -0.2) is 9.97 Å². The number of ether oxygens (including phenoxy) is 8. The zero-order valence-corrected chi connectivity index (χ0v) is 45.1. The van der Waals surface area contributed by atoms with Crippen molar-refractivity contribution in [1.82, 2.24) is 24.9 Å². The van der Waals surface area contributed by atoms with Crippen LogP contribution in [0.5, 0.6) is 11.5 Å². The quantitative estimate of drug-likeness (QED) is 0.0874. The molecule has 6 bridgehead atoms. The van der Waals surface area contributed by atoms with Crippen molar-refractivity contribution in [2.24, 2.45) is 0 Å². The van der Waals surface area contributed by atoms with Crippen LogP contribution in [0.3, 0.4) is 0 Å². The summed E-state index contributed by atoms with van der Waals surface area (Å²) >= 11 is 0. The van der Waals surface area contributed by atoms with Gasteiger partial charge in [0.2, 0.25) is 0 Å². The zero-order chi connectivity index (χ0) is 52.0. The van der Waals surface area contributed by atoms with Crippen LogP contribution in [0.2, 0.25) is 0 Å². The van der Waals surface area contributed by atoms with Crippen molar-refractivity contribution in [3.63, 3.8) is 0 Å². The Morgan fingerprint density at radius 3 is 1.21 bits per heavy atom. The van der Waals surface area contributed by atoms with Gasteiger partial charge in [-0.1, -0.05) is 13.8 Å². The van der Waals surface area contributed by atoms with Gasteiger partial charge in [-0.2, -0.15) is 0 Å². The number of hydrogen-bond donors (Lipinski definition) is 3. The Hall–Kier alpha value is -4.45. The molecule has 0 amide bonds. The molecule has 0 aliphatic carbocycles. The molecular formula is C52H75LuN5O15-2. The normalized spacial score (nSPS) is 11.6. The van der Waals surface area contributed by atoms with Gasteiger partial charge in [0.25, 0.3) is 0 Å². The predicted octanol–water partition coefficient (Wildman–Crippen LogP) is 3.67. The molecule has 1 aromatic carbocycles. The molecule has 73 heavy (non-hydrogen) atoms. The summed E-state index contributed by atoms with van der Waals surface area (Å²) in [4.78, 5) is 41.8. The fourth-order valence-electron chi connectivity index (χ4n) is 7.42. The Morgan fingerprint density at radius 1 is 0.562 bits per heavy atom. The third kappa shape index (κ3) is 23.3. The summed E-state index contributed by atoms with van der Waals surface area (Å²) in [5, 5.41) is 37.5. The number of aromatic amines is 1. The summed E-state index contributed by atoms with van der Waals surface area (Å²) in [6, 6.07) is 7.90. The Kier molecular flexibility index (Phi) is 34.8. The molecule has 4 heterocycles. The van der Waals surface area contributed by atoms with E-state index in [9.17, 15) is 10.2 Å². The number of fused-ring (bicyclic) bond motifs is 7. The number of aliphatic hydroxyl groups is 2. The van der Waals surface area contributed by atoms with Gasteiger partial charge in [0.1, 0.15) is 13.2 Å². The topological polar surface area (TPSA) is 293 Å². The molecule has 2 aliphatic rings. The van der Waals surface area contributed by atoms with Crippen LogP contribution >= 0.6 is 0 Å². The van der Waals surface area contributed by atoms with Crippen LogP contribution in [0.15, 0.2) is 36.7 Å². The van der Waals surface area contributed by atoms with Crippen LogP contribution in [-0.2, 0) is 50.9 Å². The third-order valence-electron chi connectivity index (χ3n) is 10.8. The fraction of sp³-hybridized carbons (Fsp3) is 0.538. The van der Waals surface area contributed by atoms with E-state index in [1.54, 1.807) is 26.6 Å². The Bertz CT molecular complexity index is 2240. The molecule has 0 fully saturated rings. The van der Waals surface area contributed by atoms with Gasteiger partial charge >= 0.3 is 0 Å². The molecule has 21 heteroatoms. The number of nitrogens with one attached hydrogen (secondary N) is 1. The number of nitrogens with zero attached hydrogens (tertiary/aromatic N) is 4. The first-order valence-electron chi connectivity index (χ1n) is 24.0. The van der Waals surface area contributed by atoms with Crippen molar-refractivity contribution in [3.05, 3.63) is 70.6 Å². The first-order valence-corrected chi connectivity index (χ1v) is 24.0. The largest absolute Gasteiger partial charge is 0.550 e.